The SMILES string of the molecule is CN(CC(=O)O)C1CCCN(C(=O)c2cc(F)cc(Br)c2)CC1. The Balaban J connectivity index is 2.02. The van der Waals surface area contributed by atoms with Crippen molar-refractivity contribution in [2.45, 2.75) is 25.3 Å². The Morgan fingerprint density at radius 2 is 2.09 bits per heavy atom. The third-order valence-corrected chi connectivity index (χ3v) is 4.56. The molecular formula is C16H20BrFN2O3. The van der Waals surface area contributed by atoms with Crippen LogP contribution in [0.3, 0.4) is 0 Å². The largest absolute Gasteiger partial charge is 0.480 e. The second-order valence-electron chi connectivity index (χ2n) is 5.84. The number of rotatable bonds is 4. The first-order valence-electron chi connectivity index (χ1n) is 7.54. The van der Waals surface area contributed by atoms with Gasteiger partial charge in [-0.3, -0.25) is 14.5 Å². The lowest BCUT2D eigenvalue weighted by Gasteiger charge is -2.25. The van der Waals surface area contributed by atoms with E-state index in [-0.39, 0.29) is 18.5 Å². The van der Waals surface area contributed by atoms with E-state index in [9.17, 15) is 14.0 Å². The monoisotopic (exact) mass is 386 g/mol. The maximum atomic E-state index is 13.5. The molecule has 23 heavy (non-hydrogen) atoms. The number of nitrogens with zero attached hydrogens (tertiary/aromatic N) is 2. The Hall–Kier alpha value is -1.47. The van der Waals surface area contributed by atoms with Crippen molar-refractivity contribution in [1.82, 2.24) is 9.80 Å². The summed E-state index contributed by atoms with van der Waals surface area (Å²) < 4.78 is 14.0. The van der Waals surface area contributed by atoms with Crippen molar-refractivity contribution in [2.75, 3.05) is 26.7 Å². The first kappa shape index (κ1) is 17.9. The molecule has 0 saturated carbocycles. The molecule has 1 amide bonds. The normalized spacial score (nSPS) is 18.8. The molecule has 1 aliphatic rings. The predicted molar refractivity (Wildman–Crippen MR) is 87.9 cm³/mol. The van der Waals surface area contributed by atoms with Crippen molar-refractivity contribution in [3.05, 3.63) is 34.1 Å². The van der Waals surface area contributed by atoms with Crippen LogP contribution in [0.15, 0.2) is 22.7 Å². The fourth-order valence-corrected chi connectivity index (χ4v) is 3.39. The summed E-state index contributed by atoms with van der Waals surface area (Å²) in [6.45, 7) is 1.14. The quantitative estimate of drug-likeness (QED) is 0.863. The summed E-state index contributed by atoms with van der Waals surface area (Å²) in [5.41, 5.74) is 0.328. The van der Waals surface area contributed by atoms with Crippen molar-refractivity contribution >= 4 is 27.8 Å². The molecule has 126 valence electrons. The molecule has 0 radical (unpaired) electrons. The highest BCUT2D eigenvalue weighted by atomic mass is 79.9. The minimum atomic E-state index is -0.853. The Kier molecular flexibility index (Phi) is 6.12. The summed E-state index contributed by atoms with van der Waals surface area (Å²) in [5, 5.41) is 8.88. The molecule has 0 bridgehead atoms. The second-order valence-corrected chi connectivity index (χ2v) is 6.76. The van der Waals surface area contributed by atoms with E-state index in [0.717, 1.165) is 12.8 Å². The van der Waals surface area contributed by atoms with E-state index in [1.165, 1.54) is 12.1 Å². The molecule has 1 heterocycles. The van der Waals surface area contributed by atoms with Crippen LogP contribution in [-0.4, -0.2) is 59.5 Å². The van der Waals surface area contributed by atoms with E-state index >= 15 is 0 Å². The van der Waals surface area contributed by atoms with Gasteiger partial charge in [0.2, 0.25) is 0 Å². The Morgan fingerprint density at radius 1 is 1.35 bits per heavy atom. The second kappa shape index (κ2) is 7.88. The van der Waals surface area contributed by atoms with Crippen molar-refractivity contribution in [1.29, 1.82) is 0 Å². The van der Waals surface area contributed by atoms with Gasteiger partial charge in [-0.15, -0.1) is 0 Å². The summed E-state index contributed by atoms with van der Waals surface area (Å²) >= 11 is 3.20. The zero-order valence-corrected chi connectivity index (χ0v) is 14.6. The molecule has 1 fully saturated rings. The third-order valence-electron chi connectivity index (χ3n) is 4.10. The van der Waals surface area contributed by atoms with Crippen LogP contribution in [0.25, 0.3) is 0 Å². The van der Waals surface area contributed by atoms with Gasteiger partial charge in [-0.25, -0.2) is 4.39 Å². The third kappa shape index (κ3) is 5.00. The maximum Gasteiger partial charge on any atom is 0.317 e. The zero-order chi connectivity index (χ0) is 17.0. The van der Waals surface area contributed by atoms with Crippen LogP contribution >= 0.6 is 15.9 Å². The Labute approximate surface area is 143 Å². The summed E-state index contributed by atoms with van der Waals surface area (Å²) in [6, 6.07) is 4.31. The van der Waals surface area contributed by atoms with Gasteiger partial charge in [0.1, 0.15) is 5.82 Å². The van der Waals surface area contributed by atoms with Crippen molar-refractivity contribution in [3.8, 4) is 0 Å². The molecule has 2 rings (SSSR count). The number of hydrogen-bond donors (Lipinski definition) is 1. The number of carboxylic acid groups (broad SMARTS) is 1. The number of carboxylic acids is 1. The van der Waals surface area contributed by atoms with E-state index in [1.54, 1.807) is 18.0 Å². The standard InChI is InChI=1S/C16H20BrFN2O3/c1-19(10-15(21)22)14-3-2-5-20(6-4-14)16(23)11-7-12(17)9-13(18)8-11/h7-9,14H,2-6,10H2,1H3,(H,21,22). The molecule has 1 aromatic carbocycles. The van der Waals surface area contributed by atoms with Crippen LogP contribution in [0.5, 0.6) is 0 Å². The lowest BCUT2D eigenvalue weighted by atomic mass is 10.1. The van der Waals surface area contributed by atoms with Crippen molar-refractivity contribution < 1.29 is 19.1 Å². The number of aliphatic carboxylic acids is 1. The first-order chi connectivity index (χ1) is 10.9. The average molecular weight is 387 g/mol. The fourth-order valence-electron chi connectivity index (χ4n) is 2.92. The summed E-state index contributed by atoms with van der Waals surface area (Å²) in [4.78, 5) is 26.9. The molecule has 5 nitrogen and oxygen atoms in total. The highest BCUT2D eigenvalue weighted by Gasteiger charge is 2.24. The molecule has 1 N–H and O–H groups in total. The number of halogens is 2. The fraction of sp³-hybridized carbons (Fsp3) is 0.500. The summed E-state index contributed by atoms with van der Waals surface area (Å²) in [7, 11) is 1.79. The zero-order valence-electron chi connectivity index (χ0n) is 13.0. The highest BCUT2D eigenvalue weighted by Crippen LogP contribution is 2.20. The van der Waals surface area contributed by atoms with Crippen molar-refractivity contribution in [2.24, 2.45) is 0 Å². The van der Waals surface area contributed by atoms with Gasteiger partial charge in [-0.1, -0.05) is 15.9 Å². The van der Waals surface area contributed by atoms with Gasteiger partial charge < -0.3 is 10.0 Å². The molecule has 1 aromatic rings. The number of carbonyl (C=O) groups is 2. The molecule has 1 saturated heterocycles. The van der Waals surface area contributed by atoms with Gasteiger partial charge in [0.25, 0.3) is 5.91 Å². The molecule has 0 spiro atoms. The van der Waals surface area contributed by atoms with E-state index in [1.807, 2.05) is 4.90 Å². The van der Waals surface area contributed by atoms with E-state index in [2.05, 4.69) is 15.9 Å². The van der Waals surface area contributed by atoms with Gasteiger partial charge >= 0.3 is 5.97 Å². The summed E-state index contributed by atoms with van der Waals surface area (Å²) in [6.07, 6.45) is 2.36. The number of amides is 1. The number of likely N-dealkylation sites (tertiary alicyclic amines) is 1. The Morgan fingerprint density at radius 3 is 2.74 bits per heavy atom. The molecule has 1 atom stereocenters. The smallest absolute Gasteiger partial charge is 0.317 e. The minimum absolute atomic E-state index is 0.00451. The van der Waals surface area contributed by atoms with Gasteiger partial charge in [-0.2, -0.15) is 0 Å². The topological polar surface area (TPSA) is 60.9 Å². The number of likely N-dealkylation sites (N-methyl/N-ethyl adjacent to an activating group) is 1. The Bertz CT molecular complexity index is 576. The average Bonchev–Trinajstić information content (AvgIpc) is 2.70. The highest BCUT2D eigenvalue weighted by molar-refractivity contribution is 9.10. The summed E-state index contributed by atoms with van der Waals surface area (Å²) in [5.74, 6) is -1.49. The molecule has 7 heteroatoms. The first-order valence-corrected chi connectivity index (χ1v) is 8.33. The molecule has 1 aliphatic heterocycles. The number of hydrogen-bond acceptors (Lipinski definition) is 3. The molecule has 1 unspecified atom stereocenters. The molecular weight excluding hydrogens is 367 g/mol. The van der Waals surface area contributed by atoms with Gasteiger partial charge in [0, 0.05) is 29.2 Å². The van der Waals surface area contributed by atoms with Crippen LogP contribution in [0.1, 0.15) is 29.6 Å². The molecule has 0 aromatic heterocycles. The van der Waals surface area contributed by atoms with Crippen LogP contribution in [-0.2, 0) is 4.79 Å². The maximum absolute atomic E-state index is 13.5. The number of carbonyl (C=O) groups excluding carboxylic acids is 1. The molecule has 0 aliphatic carbocycles. The van der Waals surface area contributed by atoms with Crippen LogP contribution in [0.4, 0.5) is 4.39 Å². The lowest BCUT2D eigenvalue weighted by Crippen LogP contribution is -2.37. The predicted octanol–water partition coefficient (Wildman–Crippen LogP) is 2.60. The van der Waals surface area contributed by atoms with Crippen molar-refractivity contribution in [3.63, 3.8) is 0 Å². The van der Waals surface area contributed by atoms with Gasteiger partial charge in [0.05, 0.1) is 6.54 Å². The van der Waals surface area contributed by atoms with E-state index < -0.39 is 11.8 Å². The lowest BCUT2D eigenvalue weighted by molar-refractivity contribution is -0.138. The van der Waals surface area contributed by atoms with E-state index in [4.69, 9.17) is 5.11 Å². The van der Waals surface area contributed by atoms with Crippen LogP contribution < -0.4 is 0 Å². The van der Waals surface area contributed by atoms with Gasteiger partial charge in [0.15, 0.2) is 0 Å². The van der Waals surface area contributed by atoms with Crippen LogP contribution in [0, 0.1) is 5.82 Å². The van der Waals surface area contributed by atoms with Crippen LogP contribution in [0.2, 0.25) is 0 Å². The van der Waals surface area contributed by atoms with E-state index in [0.29, 0.717) is 29.5 Å². The number of benzene rings is 1. The van der Waals surface area contributed by atoms with Gasteiger partial charge in [-0.05, 0) is 44.5 Å². The minimum Gasteiger partial charge on any atom is -0.480 e.